The van der Waals surface area contributed by atoms with Crippen LogP contribution in [-0.4, -0.2) is 0 Å². The molecule has 0 aliphatic rings. The minimum Gasteiger partial charge on any atom is -0.352 e. The average molecular weight is 278 g/mol. The molecule has 0 amide bonds. The summed E-state index contributed by atoms with van der Waals surface area (Å²) in [6.45, 7) is 12.0. The highest BCUT2D eigenvalue weighted by Crippen LogP contribution is 2.37. The van der Waals surface area contributed by atoms with Crippen LogP contribution in [0.3, 0.4) is 0 Å². The van der Waals surface area contributed by atoms with E-state index in [1.165, 1.54) is 0 Å². The monoisotopic (exact) mass is 278 g/mol. The molecule has 0 aromatic heterocycles. The Kier molecular flexibility index (Phi) is 4.44. The molecule has 0 fully saturated rings. The molecule has 2 aromatic carbocycles. The van der Waals surface area contributed by atoms with E-state index in [1.807, 2.05) is 62.4 Å². The molecule has 0 spiro atoms. The van der Waals surface area contributed by atoms with Gasteiger partial charge in [-0.25, -0.2) is 0 Å². The predicted octanol–water partition coefficient (Wildman–Crippen LogP) is 5.21. The fourth-order valence-corrected chi connectivity index (χ4v) is 2.42. The first-order valence-corrected chi connectivity index (χ1v) is 7.12. The Morgan fingerprint density at radius 2 is 1.05 bits per heavy atom. The second-order valence-corrected chi connectivity index (χ2v) is 5.46. The van der Waals surface area contributed by atoms with Gasteiger partial charge in [0.1, 0.15) is 11.2 Å². The van der Waals surface area contributed by atoms with Crippen LogP contribution in [0.15, 0.2) is 86.0 Å². The minimum atomic E-state index is -0.583. The van der Waals surface area contributed by atoms with Gasteiger partial charge < -0.3 is 4.74 Å². The highest BCUT2D eigenvalue weighted by atomic mass is 16.5. The zero-order valence-electron chi connectivity index (χ0n) is 12.8. The Morgan fingerprint density at radius 1 is 0.714 bits per heavy atom. The molecule has 2 rings (SSSR count). The third-order valence-electron chi connectivity index (χ3n) is 3.90. The van der Waals surface area contributed by atoms with Crippen LogP contribution in [0.1, 0.15) is 25.0 Å². The molecular formula is C20H22O. The van der Waals surface area contributed by atoms with Crippen LogP contribution in [0.5, 0.6) is 0 Å². The van der Waals surface area contributed by atoms with E-state index in [0.717, 1.165) is 11.1 Å². The third kappa shape index (κ3) is 3.14. The molecule has 0 saturated carbocycles. The van der Waals surface area contributed by atoms with Gasteiger partial charge in [0, 0.05) is 0 Å². The zero-order valence-corrected chi connectivity index (χ0v) is 12.8. The van der Waals surface area contributed by atoms with Crippen LogP contribution >= 0.6 is 0 Å². The summed E-state index contributed by atoms with van der Waals surface area (Å²) in [5.74, 6) is 0. The average Bonchev–Trinajstić information content (AvgIpc) is 2.56. The Morgan fingerprint density at radius 3 is 1.33 bits per heavy atom. The first-order chi connectivity index (χ1) is 10.0. The molecule has 108 valence electrons. The molecule has 2 unspecified atom stereocenters. The topological polar surface area (TPSA) is 9.23 Å². The molecule has 1 nitrogen and oxygen atoms in total. The Bertz CT molecular complexity index is 547. The van der Waals surface area contributed by atoms with E-state index in [0.29, 0.717) is 0 Å². The smallest absolute Gasteiger partial charge is 0.110 e. The standard InChI is InChI=1S/C20H22O/c1-5-19(3,17-13-9-7-10-14-17)21-20(4,6-2)18-15-11-8-12-16-18/h5-16H,1-2H2,3-4H3. The summed E-state index contributed by atoms with van der Waals surface area (Å²) in [5.41, 5.74) is 0.980. The highest BCUT2D eigenvalue weighted by Gasteiger charge is 2.34. The zero-order chi connectivity index (χ0) is 15.3. The van der Waals surface area contributed by atoms with E-state index in [-0.39, 0.29) is 0 Å². The number of hydrogen-bond donors (Lipinski definition) is 0. The van der Waals surface area contributed by atoms with Gasteiger partial charge in [-0.3, -0.25) is 0 Å². The number of benzene rings is 2. The first-order valence-electron chi connectivity index (χ1n) is 7.12. The van der Waals surface area contributed by atoms with Crippen molar-refractivity contribution in [1.82, 2.24) is 0 Å². The first kappa shape index (κ1) is 15.3. The molecule has 0 bridgehead atoms. The van der Waals surface area contributed by atoms with E-state index in [4.69, 9.17) is 4.74 Å². The van der Waals surface area contributed by atoms with Gasteiger partial charge in [0.05, 0.1) is 0 Å². The van der Waals surface area contributed by atoms with Crippen molar-refractivity contribution in [2.75, 3.05) is 0 Å². The minimum absolute atomic E-state index is 0.583. The lowest BCUT2D eigenvalue weighted by Gasteiger charge is -2.37. The van der Waals surface area contributed by atoms with Crippen molar-refractivity contribution < 1.29 is 4.74 Å². The van der Waals surface area contributed by atoms with Crippen molar-refractivity contribution >= 4 is 0 Å². The predicted molar refractivity (Wildman–Crippen MR) is 89.1 cm³/mol. The summed E-state index contributed by atoms with van der Waals surface area (Å²) in [6, 6.07) is 20.2. The van der Waals surface area contributed by atoms with Gasteiger partial charge in [-0.1, -0.05) is 86.0 Å². The van der Waals surface area contributed by atoms with E-state index < -0.39 is 11.2 Å². The van der Waals surface area contributed by atoms with Gasteiger partial charge >= 0.3 is 0 Å². The van der Waals surface area contributed by atoms with Gasteiger partial charge in [0.25, 0.3) is 0 Å². The molecule has 0 heterocycles. The molecule has 0 aliphatic heterocycles. The molecule has 0 saturated heterocycles. The van der Waals surface area contributed by atoms with Gasteiger partial charge in [0.2, 0.25) is 0 Å². The van der Waals surface area contributed by atoms with E-state index >= 15 is 0 Å². The highest BCUT2D eigenvalue weighted by molar-refractivity contribution is 5.30. The lowest BCUT2D eigenvalue weighted by molar-refractivity contribution is -0.0975. The summed E-state index contributed by atoms with van der Waals surface area (Å²) in [4.78, 5) is 0. The van der Waals surface area contributed by atoms with Gasteiger partial charge in [0.15, 0.2) is 0 Å². The van der Waals surface area contributed by atoms with E-state index in [1.54, 1.807) is 0 Å². The summed E-state index contributed by atoms with van der Waals surface area (Å²) < 4.78 is 6.46. The van der Waals surface area contributed by atoms with Crippen LogP contribution in [-0.2, 0) is 15.9 Å². The van der Waals surface area contributed by atoms with Crippen molar-refractivity contribution in [2.24, 2.45) is 0 Å². The maximum Gasteiger partial charge on any atom is 0.110 e. The van der Waals surface area contributed by atoms with Crippen LogP contribution in [0.4, 0.5) is 0 Å². The molecule has 1 heteroatoms. The summed E-state index contributed by atoms with van der Waals surface area (Å²) in [5, 5.41) is 0. The maximum absolute atomic E-state index is 6.46. The molecule has 0 aliphatic carbocycles. The second kappa shape index (κ2) is 6.11. The van der Waals surface area contributed by atoms with Gasteiger partial charge in [-0.15, -0.1) is 0 Å². The van der Waals surface area contributed by atoms with Crippen molar-refractivity contribution in [1.29, 1.82) is 0 Å². The summed E-state index contributed by atoms with van der Waals surface area (Å²) in [7, 11) is 0. The summed E-state index contributed by atoms with van der Waals surface area (Å²) >= 11 is 0. The molecular weight excluding hydrogens is 256 g/mol. The molecule has 2 aromatic rings. The van der Waals surface area contributed by atoms with Crippen molar-refractivity contribution in [3.8, 4) is 0 Å². The quantitative estimate of drug-likeness (QED) is 0.659. The maximum atomic E-state index is 6.46. The van der Waals surface area contributed by atoms with Gasteiger partial charge in [-0.2, -0.15) is 0 Å². The molecule has 0 radical (unpaired) electrons. The second-order valence-electron chi connectivity index (χ2n) is 5.46. The Hall–Kier alpha value is -2.12. The fourth-order valence-electron chi connectivity index (χ4n) is 2.42. The van der Waals surface area contributed by atoms with Crippen molar-refractivity contribution in [2.45, 2.75) is 25.0 Å². The summed E-state index contributed by atoms with van der Waals surface area (Å²) in [6.07, 6.45) is 3.68. The molecule has 2 atom stereocenters. The largest absolute Gasteiger partial charge is 0.352 e. The van der Waals surface area contributed by atoms with Gasteiger partial charge in [-0.05, 0) is 25.0 Å². The Labute approximate surface area is 127 Å². The fraction of sp³-hybridized carbons (Fsp3) is 0.200. The van der Waals surface area contributed by atoms with E-state index in [2.05, 4.69) is 37.4 Å². The number of ether oxygens (including phenoxy) is 1. The lowest BCUT2D eigenvalue weighted by atomic mass is 9.91. The van der Waals surface area contributed by atoms with Crippen molar-refractivity contribution in [3.63, 3.8) is 0 Å². The van der Waals surface area contributed by atoms with Crippen molar-refractivity contribution in [3.05, 3.63) is 97.1 Å². The SMILES string of the molecule is C=CC(C)(OC(C)(C=C)c1ccccc1)c1ccccc1. The third-order valence-corrected chi connectivity index (χ3v) is 3.90. The molecule has 0 N–H and O–H groups in total. The number of rotatable bonds is 6. The van der Waals surface area contributed by atoms with Crippen LogP contribution in [0.25, 0.3) is 0 Å². The molecule has 21 heavy (non-hydrogen) atoms. The number of hydrogen-bond acceptors (Lipinski definition) is 1. The van der Waals surface area contributed by atoms with Crippen LogP contribution < -0.4 is 0 Å². The van der Waals surface area contributed by atoms with Crippen LogP contribution in [0, 0.1) is 0 Å². The lowest BCUT2D eigenvalue weighted by Crippen LogP contribution is -2.34. The van der Waals surface area contributed by atoms with Crippen LogP contribution in [0.2, 0.25) is 0 Å². The van der Waals surface area contributed by atoms with E-state index in [9.17, 15) is 0 Å². The Balaban J connectivity index is 2.40. The normalized spacial score (nSPS) is 16.5.